The van der Waals surface area contributed by atoms with Crippen molar-refractivity contribution in [1.29, 1.82) is 0 Å². The average molecular weight is 394 g/mol. The van der Waals surface area contributed by atoms with Gasteiger partial charge in [0.2, 0.25) is 10.0 Å². The van der Waals surface area contributed by atoms with Crippen LogP contribution in [0.4, 0.5) is 0 Å². The van der Waals surface area contributed by atoms with Gasteiger partial charge in [-0.15, -0.1) is 0 Å². The van der Waals surface area contributed by atoms with Gasteiger partial charge in [0.05, 0.1) is 4.90 Å². The molecule has 5 nitrogen and oxygen atoms in total. The summed E-state index contributed by atoms with van der Waals surface area (Å²) in [5, 5.41) is 0. The first kappa shape index (κ1) is 17.2. The molecule has 0 unspecified atom stereocenters. The molecule has 21 heavy (non-hydrogen) atoms. The standard InChI is InChI=1S/C13H20BrN3O2S2/c14-12-9-11(10-15)1-2-13(12)21(18,19)16-3-4-17-5-7-20-8-6-17/h1-2,9,16H,3-8,10,15H2. The summed E-state index contributed by atoms with van der Waals surface area (Å²) in [6.07, 6.45) is 0. The first-order valence-electron chi connectivity index (χ1n) is 6.81. The molecule has 2 rings (SSSR count). The Labute approximate surface area is 138 Å². The van der Waals surface area contributed by atoms with Gasteiger partial charge in [-0.25, -0.2) is 13.1 Å². The molecular weight excluding hydrogens is 374 g/mol. The van der Waals surface area contributed by atoms with Gasteiger partial charge in [0, 0.05) is 48.7 Å². The number of sulfonamides is 1. The maximum atomic E-state index is 12.3. The number of halogens is 1. The lowest BCUT2D eigenvalue weighted by atomic mass is 10.2. The van der Waals surface area contributed by atoms with E-state index in [4.69, 9.17) is 5.73 Å². The normalized spacial score (nSPS) is 17.0. The minimum absolute atomic E-state index is 0.258. The highest BCUT2D eigenvalue weighted by atomic mass is 79.9. The average Bonchev–Trinajstić information content (AvgIpc) is 2.47. The Morgan fingerprint density at radius 3 is 2.67 bits per heavy atom. The zero-order valence-electron chi connectivity index (χ0n) is 11.7. The van der Waals surface area contributed by atoms with Gasteiger partial charge in [-0.3, -0.25) is 0 Å². The molecular formula is C13H20BrN3O2S2. The van der Waals surface area contributed by atoms with Gasteiger partial charge < -0.3 is 10.6 Å². The predicted molar refractivity (Wildman–Crippen MR) is 91.0 cm³/mol. The van der Waals surface area contributed by atoms with Crippen LogP contribution in [0.25, 0.3) is 0 Å². The third-order valence-corrected chi connectivity index (χ3v) is 6.73. The lowest BCUT2D eigenvalue weighted by molar-refractivity contribution is 0.307. The first-order valence-corrected chi connectivity index (χ1v) is 10.2. The summed E-state index contributed by atoms with van der Waals surface area (Å²) in [5.74, 6) is 2.25. The van der Waals surface area contributed by atoms with E-state index in [9.17, 15) is 8.42 Å². The maximum Gasteiger partial charge on any atom is 0.241 e. The van der Waals surface area contributed by atoms with Gasteiger partial charge >= 0.3 is 0 Å². The maximum absolute atomic E-state index is 12.3. The molecule has 1 heterocycles. The van der Waals surface area contributed by atoms with Crippen LogP contribution in [0.2, 0.25) is 0 Å². The smallest absolute Gasteiger partial charge is 0.241 e. The molecule has 0 atom stereocenters. The molecule has 0 radical (unpaired) electrons. The van der Waals surface area contributed by atoms with Gasteiger partial charge in [0.1, 0.15) is 0 Å². The SMILES string of the molecule is NCc1ccc(S(=O)(=O)NCCN2CCSCC2)c(Br)c1. The molecule has 0 saturated carbocycles. The highest BCUT2D eigenvalue weighted by Gasteiger charge is 2.18. The number of nitrogens with one attached hydrogen (secondary N) is 1. The first-order chi connectivity index (χ1) is 10.0. The number of thioether (sulfide) groups is 1. The van der Waals surface area contributed by atoms with Crippen LogP contribution < -0.4 is 10.5 Å². The van der Waals surface area contributed by atoms with Crippen LogP contribution in [0, 0.1) is 0 Å². The lowest BCUT2D eigenvalue weighted by Crippen LogP contribution is -2.39. The Bertz CT molecular complexity index is 575. The topological polar surface area (TPSA) is 75.4 Å². The molecule has 0 bridgehead atoms. The van der Waals surface area contributed by atoms with Gasteiger partial charge in [-0.2, -0.15) is 11.8 Å². The molecule has 0 spiro atoms. The summed E-state index contributed by atoms with van der Waals surface area (Å²) >= 11 is 5.25. The monoisotopic (exact) mass is 393 g/mol. The molecule has 1 fully saturated rings. The van der Waals surface area contributed by atoms with Crippen LogP contribution in [0.1, 0.15) is 5.56 Å². The zero-order valence-corrected chi connectivity index (χ0v) is 14.9. The largest absolute Gasteiger partial charge is 0.326 e. The van der Waals surface area contributed by atoms with E-state index in [-0.39, 0.29) is 4.90 Å². The van der Waals surface area contributed by atoms with Crippen LogP contribution in [0.3, 0.4) is 0 Å². The molecule has 1 aliphatic rings. The molecule has 1 aromatic rings. The Morgan fingerprint density at radius 2 is 2.05 bits per heavy atom. The molecule has 118 valence electrons. The Kier molecular flexibility index (Phi) is 6.51. The molecule has 1 aliphatic heterocycles. The second-order valence-electron chi connectivity index (χ2n) is 4.82. The highest BCUT2D eigenvalue weighted by molar-refractivity contribution is 9.10. The van der Waals surface area contributed by atoms with Crippen LogP contribution >= 0.6 is 27.7 Å². The van der Waals surface area contributed by atoms with Gasteiger partial charge in [0.25, 0.3) is 0 Å². The van der Waals surface area contributed by atoms with Crippen molar-refractivity contribution in [3.8, 4) is 0 Å². The molecule has 1 saturated heterocycles. The van der Waals surface area contributed by atoms with E-state index in [1.54, 1.807) is 18.2 Å². The fourth-order valence-corrected chi connectivity index (χ4v) is 5.25. The highest BCUT2D eigenvalue weighted by Crippen LogP contribution is 2.23. The third-order valence-electron chi connectivity index (χ3n) is 3.35. The van der Waals surface area contributed by atoms with Crippen LogP contribution in [-0.4, -0.2) is 51.0 Å². The Hall–Kier alpha value is -0.120. The van der Waals surface area contributed by atoms with Crippen molar-refractivity contribution in [2.45, 2.75) is 11.4 Å². The molecule has 0 aliphatic carbocycles. The number of benzene rings is 1. The van der Waals surface area contributed by atoms with Crippen molar-refractivity contribution in [3.63, 3.8) is 0 Å². The number of nitrogens with two attached hydrogens (primary N) is 1. The summed E-state index contributed by atoms with van der Waals surface area (Å²) in [5.41, 5.74) is 6.44. The number of rotatable bonds is 6. The van der Waals surface area contributed by atoms with Crippen molar-refractivity contribution >= 4 is 37.7 Å². The summed E-state index contributed by atoms with van der Waals surface area (Å²) < 4.78 is 27.8. The van der Waals surface area contributed by atoms with E-state index in [1.165, 1.54) is 0 Å². The minimum Gasteiger partial charge on any atom is -0.326 e. The van der Waals surface area contributed by atoms with E-state index in [0.717, 1.165) is 36.7 Å². The van der Waals surface area contributed by atoms with E-state index in [1.807, 2.05) is 11.8 Å². The summed E-state index contributed by atoms with van der Waals surface area (Å²) in [4.78, 5) is 2.54. The second kappa shape index (κ2) is 7.94. The van der Waals surface area contributed by atoms with E-state index >= 15 is 0 Å². The fourth-order valence-electron chi connectivity index (χ4n) is 2.13. The minimum atomic E-state index is -3.49. The van der Waals surface area contributed by atoms with Crippen molar-refractivity contribution < 1.29 is 8.42 Å². The van der Waals surface area contributed by atoms with E-state index < -0.39 is 10.0 Å². The summed E-state index contributed by atoms with van der Waals surface area (Å²) in [6.45, 7) is 3.62. The second-order valence-corrected chi connectivity index (χ2v) is 8.64. The van der Waals surface area contributed by atoms with Crippen LogP contribution in [0.15, 0.2) is 27.6 Å². The fraction of sp³-hybridized carbons (Fsp3) is 0.538. The third kappa shape index (κ3) is 4.94. The lowest BCUT2D eigenvalue weighted by Gasteiger charge is -2.26. The molecule has 0 aromatic heterocycles. The predicted octanol–water partition coefficient (Wildman–Crippen LogP) is 1.23. The number of nitrogens with zero attached hydrogens (tertiary/aromatic N) is 1. The number of hydrogen-bond donors (Lipinski definition) is 2. The van der Waals surface area contributed by atoms with E-state index in [0.29, 0.717) is 17.6 Å². The van der Waals surface area contributed by atoms with E-state index in [2.05, 4.69) is 25.6 Å². The van der Waals surface area contributed by atoms with Crippen molar-refractivity contribution in [2.24, 2.45) is 5.73 Å². The van der Waals surface area contributed by atoms with Crippen molar-refractivity contribution in [3.05, 3.63) is 28.2 Å². The molecule has 8 heteroatoms. The number of hydrogen-bond acceptors (Lipinski definition) is 5. The van der Waals surface area contributed by atoms with Gasteiger partial charge in [0.15, 0.2) is 0 Å². The van der Waals surface area contributed by atoms with Crippen molar-refractivity contribution in [1.82, 2.24) is 9.62 Å². The Balaban J connectivity index is 1.94. The van der Waals surface area contributed by atoms with Gasteiger partial charge in [-0.05, 0) is 33.6 Å². The van der Waals surface area contributed by atoms with Crippen LogP contribution in [-0.2, 0) is 16.6 Å². The summed E-state index contributed by atoms with van der Waals surface area (Å²) in [7, 11) is -3.49. The Morgan fingerprint density at radius 1 is 1.33 bits per heavy atom. The quantitative estimate of drug-likeness (QED) is 0.759. The zero-order chi connectivity index (χ0) is 15.3. The van der Waals surface area contributed by atoms with Gasteiger partial charge in [-0.1, -0.05) is 6.07 Å². The molecule has 1 aromatic carbocycles. The summed E-state index contributed by atoms with van der Waals surface area (Å²) in [6, 6.07) is 5.07. The molecule has 0 amide bonds. The van der Waals surface area contributed by atoms with Crippen molar-refractivity contribution in [2.75, 3.05) is 37.7 Å². The van der Waals surface area contributed by atoms with Crippen LogP contribution in [0.5, 0.6) is 0 Å². The molecule has 3 N–H and O–H groups in total.